The Morgan fingerprint density at radius 1 is 0.868 bits per heavy atom. The lowest BCUT2D eigenvalue weighted by Crippen LogP contribution is -2.56. The highest BCUT2D eigenvalue weighted by molar-refractivity contribution is 7.89. The van der Waals surface area contributed by atoms with Crippen LogP contribution < -0.4 is 14.8 Å². The number of hydrogen-bond donors (Lipinski definition) is 2. The Labute approximate surface area is 323 Å². The Bertz CT molecular complexity index is 1950. The first-order valence-electron chi connectivity index (χ1n) is 17.8. The van der Waals surface area contributed by atoms with Crippen LogP contribution in [0.15, 0.2) is 70.6 Å². The summed E-state index contributed by atoms with van der Waals surface area (Å²) in [5.74, 6) is 0.601. The van der Waals surface area contributed by atoms with Gasteiger partial charge in [0.25, 0.3) is 0 Å². The first-order valence-corrected chi connectivity index (χ1v) is 20.0. The van der Waals surface area contributed by atoms with Crippen molar-refractivity contribution in [2.75, 3.05) is 39.3 Å². The number of benzene rings is 3. The maximum absolute atomic E-state index is 15.0. The Balaban J connectivity index is 1.64. The molecule has 0 radical (unpaired) electrons. The van der Waals surface area contributed by atoms with Crippen LogP contribution in [0.25, 0.3) is 0 Å². The molecule has 286 valence electrons. The average molecular weight is 786 g/mol. The summed E-state index contributed by atoms with van der Waals surface area (Å²) < 4.78 is 36.6. The number of carbonyl (C=O) groups excluding carboxylic acids is 2. The van der Waals surface area contributed by atoms with Crippen LogP contribution in [-0.2, 0) is 14.8 Å². The van der Waals surface area contributed by atoms with Crippen LogP contribution in [-0.4, -0.2) is 91.3 Å². The van der Waals surface area contributed by atoms with Gasteiger partial charge in [-0.1, -0.05) is 47.5 Å². The predicted molar refractivity (Wildman–Crippen MR) is 210 cm³/mol. The topological polar surface area (TPSA) is 124 Å². The van der Waals surface area contributed by atoms with Crippen molar-refractivity contribution in [1.29, 1.82) is 0 Å². The van der Waals surface area contributed by atoms with Crippen LogP contribution in [0.3, 0.4) is 0 Å². The molecule has 11 nitrogen and oxygen atoms in total. The molecule has 0 unspecified atom stereocenters. The minimum absolute atomic E-state index is 0.0566. The third kappa shape index (κ3) is 9.90. The third-order valence-corrected chi connectivity index (χ3v) is 11.2. The molecule has 2 atom stereocenters. The largest absolute Gasteiger partial charge is 0.493 e. The van der Waals surface area contributed by atoms with Gasteiger partial charge < -0.3 is 15.0 Å². The van der Waals surface area contributed by atoms with Crippen molar-refractivity contribution in [3.05, 3.63) is 93.0 Å². The molecule has 5 rings (SSSR count). The van der Waals surface area contributed by atoms with E-state index in [-0.39, 0.29) is 34.8 Å². The normalized spacial score (nSPS) is 18.6. The van der Waals surface area contributed by atoms with Gasteiger partial charge in [0.05, 0.1) is 29.7 Å². The zero-order valence-electron chi connectivity index (χ0n) is 31.7. The summed E-state index contributed by atoms with van der Waals surface area (Å²) >= 11 is 12.7. The maximum atomic E-state index is 15.0. The third-order valence-electron chi connectivity index (χ3n) is 8.77. The second-order valence-corrected chi connectivity index (χ2v) is 18.1. The molecular formula is C39H50Cl2N6O5S. The number of aliphatic imine (C=N–C) groups is 1. The molecule has 3 amide bonds. The van der Waals surface area contributed by atoms with Crippen LogP contribution in [0.4, 0.5) is 4.79 Å². The SMILES string of the molecule is CCOc1cc(C)c(S(=O)(=O)NC(C)(C)C)cc1C1=N[C@@H](c2ccc(Cl)cc2)[C@@H](c2ccc(Cl)cc2)N1C(=O)N1CCN(CC(=O)NC(C)(C)C)CC1. The lowest BCUT2D eigenvalue weighted by Gasteiger charge is -2.39. The molecule has 1 saturated heterocycles. The number of amidine groups is 1. The number of sulfonamides is 1. The van der Waals surface area contributed by atoms with Crippen molar-refractivity contribution in [1.82, 2.24) is 24.7 Å². The Kier molecular flexibility index (Phi) is 12.2. The molecule has 0 spiro atoms. The molecule has 0 saturated carbocycles. The van der Waals surface area contributed by atoms with Crippen molar-refractivity contribution in [2.45, 2.75) is 83.4 Å². The number of nitrogens with one attached hydrogen (secondary N) is 2. The van der Waals surface area contributed by atoms with Gasteiger partial charge in [-0.2, -0.15) is 0 Å². The molecule has 3 aromatic rings. The van der Waals surface area contributed by atoms with Gasteiger partial charge in [-0.25, -0.2) is 17.9 Å². The highest BCUT2D eigenvalue weighted by Gasteiger charge is 2.45. The molecule has 1 fully saturated rings. The lowest BCUT2D eigenvalue weighted by atomic mass is 9.93. The van der Waals surface area contributed by atoms with E-state index in [1.54, 1.807) is 73.9 Å². The van der Waals surface area contributed by atoms with Gasteiger partial charge in [-0.15, -0.1) is 0 Å². The van der Waals surface area contributed by atoms with Crippen LogP contribution in [0.5, 0.6) is 5.75 Å². The first-order chi connectivity index (χ1) is 24.8. The molecule has 2 aliphatic rings. The van der Waals surface area contributed by atoms with Gasteiger partial charge >= 0.3 is 6.03 Å². The maximum Gasteiger partial charge on any atom is 0.326 e. The Morgan fingerprint density at radius 2 is 1.43 bits per heavy atom. The van der Waals surface area contributed by atoms with E-state index in [2.05, 4.69) is 10.0 Å². The summed E-state index contributed by atoms with van der Waals surface area (Å²) in [5, 5.41) is 4.10. The zero-order chi connectivity index (χ0) is 38.9. The summed E-state index contributed by atoms with van der Waals surface area (Å²) in [6.45, 7) is 17.0. The van der Waals surface area contributed by atoms with Crippen LogP contribution in [0, 0.1) is 6.92 Å². The van der Waals surface area contributed by atoms with E-state index >= 15 is 4.79 Å². The lowest BCUT2D eigenvalue weighted by molar-refractivity contribution is -0.124. The number of amides is 3. The van der Waals surface area contributed by atoms with Crippen LogP contribution in [0.2, 0.25) is 10.0 Å². The summed E-state index contributed by atoms with van der Waals surface area (Å²) in [7, 11) is -4.00. The van der Waals surface area contributed by atoms with E-state index in [0.29, 0.717) is 59.7 Å². The van der Waals surface area contributed by atoms with Crippen molar-refractivity contribution >= 4 is 51.0 Å². The number of ether oxygens (including phenoxy) is 1. The Morgan fingerprint density at radius 3 is 1.96 bits per heavy atom. The highest BCUT2D eigenvalue weighted by atomic mass is 35.5. The fraction of sp³-hybridized carbons (Fsp3) is 0.462. The van der Waals surface area contributed by atoms with Crippen molar-refractivity contribution in [3.63, 3.8) is 0 Å². The van der Waals surface area contributed by atoms with E-state index in [1.807, 2.05) is 56.9 Å². The predicted octanol–water partition coefficient (Wildman–Crippen LogP) is 6.97. The smallest absolute Gasteiger partial charge is 0.326 e. The molecular weight excluding hydrogens is 735 g/mol. The van der Waals surface area contributed by atoms with Gasteiger partial charge in [0.1, 0.15) is 17.6 Å². The monoisotopic (exact) mass is 784 g/mol. The average Bonchev–Trinajstić information content (AvgIpc) is 3.44. The summed E-state index contributed by atoms with van der Waals surface area (Å²) in [6, 6.07) is 16.3. The second-order valence-electron chi connectivity index (χ2n) is 15.6. The standard InChI is InChI=1S/C39H50Cl2N6O5S/c1-9-52-31-22-25(2)32(53(50,51)44-39(6,7)8)23-30(31)36-42-34(26-10-14-28(40)15-11-26)35(27-12-16-29(41)17-13-27)47(36)37(49)46-20-18-45(19-21-46)24-33(48)43-38(3,4)5/h10-17,22-23,34-35,44H,9,18-21,24H2,1-8H3,(H,43,48)/t34-,35+/m0/s1. The summed E-state index contributed by atoms with van der Waals surface area (Å²) in [6.07, 6.45) is 0. The van der Waals surface area contributed by atoms with Gasteiger partial charge in [-0.3, -0.25) is 19.6 Å². The number of carbonyl (C=O) groups is 2. The number of urea groups is 1. The second kappa shape index (κ2) is 16.0. The molecule has 53 heavy (non-hydrogen) atoms. The highest BCUT2D eigenvalue weighted by Crippen LogP contribution is 2.46. The van der Waals surface area contributed by atoms with Crippen LogP contribution >= 0.6 is 23.2 Å². The van der Waals surface area contributed by atoms with Crippen molar-refractivity contribution < 1.29 is 22.7 Å². The van der Waals surface area contributed by atoms with Gasteiger partial charge in [0.15, 0.2) is 0 Å². The molecule has 0 bridgehead atoms. The minimum atomic E-state index is -4.00. The number of hydrogen-bond acceptors (Lipinski definition) is 7. The van der Waals surface area contributed by atoms with E-state index < -0.39 is 27.6 Å². The fourth-order valence-electron chi connectivity index (χ4n) is 6.62. The van der Waals surface area contributed by atoms with Gasteiger partial charge in [-0.05, 0) is 108 Å². The summed E-state index contributed by atoms with van der Waals surface area (Å²) in [5.41, 5.74) is 1.35. The summed E-state index contributed by atoms with van der Waals surface area (Å²) in [4.78, 5) is 38.5. The Hall–Kier alpha value is -3.68. The fourth-order valence-corrected chi connectivity index (χ4v) is 8.55. The molecule has 3 aromatic carbocycles. The number of halogens is 2. The molecule has 2 heterocycles. The van der Waals surface area contributed by atoms with E-state index in [0.717, 1.165) is 11.1 Å². The van der Waals surface area contributed by atoms with Crippen molar-refractivity contribution in [2.24, 2.45) is 4.99 Å². The first kappa shape index (κ1) is 40.5. The molecule has 0 aliphatic carbocycles. The minimum Gasteiger partial charge on any atom is -0.493 e. The molecule has 0 aromatic heterocycles. The molecule has 2 aliphatic heterocycles. The number of piperazine rings is 1. The van der Waals surface area contributed by atoms with E-state index in [9.17, 15) is 13.2 Å². The number of aryl methyl sites for hydroxylation is 1. The zero-order valence-corrected chi connectivity index (χ0v) is 34.0. The number of rotatable bonds is 9. The van der Waals surface area contributed by atoms with Crippen molar-refractivity contribution in [3.8, 4) is 5.75 Å². The molecule has 14 heteroatoms. The van der Waals surface area contributed by atoms with Gasteiger partial charge in [0.2, 0.25) is 15.9 Å². The van der Waals surface area contributed by atoms with E-state index in [1.165, 1.54) is 0 Å². The number of nitrogens with zero attached hydrogens (tertiary/aromatic N) is 4. The van der Waals surface area contributed by atoms with Crippen LogP contribution in [0.1, 0.15) is 82.8 Å². The van der Waals surface area contributed by atoms with E-state index in [4.69, 9.17) is 32.9 Å². The van der Waals surface area contributed by atoms with Gasteiger partial charge in [0, 0.05) is 47.3 Å². The molecule has 2 N–H and O–H groups in total. The quantitative estimate of drug-likeness (QED) is 0.242.